The second kappa shape index (κ2) is 10.6. The summed E-state index contributed by atoms with van der Waals surface area (Å²) in [5.41, 5.74) is 3.16. The van der Waals surface area contributed by atoms with Gasteiger partial charge in [-0.1, -0.05) is 89.8 Å². The molecule has 1 aliphatic rings. The number of aliphatic hydroxyl groups excluding tert-OH is 1. The molecule has 0 bridgehead atoms. The number of hydrogen-bond acceptors (Lipinski definition) is 1. The van der Waals surface area contributed by atoms with Gasteiger partial charge >= 0.3 is 0 Å². The molecular weight excluding hydrogens is 348 g/mol. The van der Waals surface area contributed by atoms with E-state index in [0.717, 1.165) is 4.48 Å². The summed E-state index contributed by atoms with van der Waals surface area (Å²) in [5.74, 6) is 0. The Balaban J connectivity index is 0.000000816. The third-order valence-corrected chi connectivity index (χ3v) is 5.06. The maximum Gasteiger partial charge on any atom is 0.0402 e. The molecule has 23 heavy (non-hydrogen) atoms. The molecule has 0 radical (unpaired) electrons. The topological polar surface area (TPSA) is 20.2 Å². The fraction of sp³-hybridized carbons (Fsp3) is 0.429. The zero-order chi connectivity index (χ0) is 17.1. The minimum absolute atomic E-state index is 0.227. The smallest absolute Gasteiger partial charge is 0.0402 e. The Morgan fingerprint density at radius 2 is 1.74 bits per heavy atom. The van der Waals surface area contributed by atoms with Crippen molar-refractivity contribution in [1.29, 1.82) is 0 Å². The van der Waals surface area contributed by atoms with Crippen molar-refractivity contribution in [2.45, 2.75) is 51.4 Å². The van der Waals surface area contributed by atoms with Crippen LogP contribution in [0.2, 0.25) is 0 Å². The number of rotatable bonds is 4. The van der Waals surface area contributed by atoms with E-state index in [4.69, 9.17) is 5.11 Å². The van der Waals surface area contributed by atoms with Gasteiger partial charge in [0.1, 0.15) is 0 Å². The van der Waals surface area contributed by atoms with E-state index in [9.17, 15) is 0 Å². The maximum atomic E-state index is 7.57. The van der Waals surface area contributed by atoms with Crippen molar-refractivity contribution >= 4 is 15.9 Å². The maximum absolute atomic E-state index is 7.57. The van der Waals surface area contributed by atoms with E-state index in [1.54, 1.807) is 6.92 Å². The molecule has 0 amide bonds. The molecule has 2 rings (SSSR count). The van der Waals surface area contributed by atoms with Gasteiger partial charge in [0.05, 0.1) is 0 Å². The first-order valence-electron chi connectivity index (χ1n) is 8.44. The van der Waals surface area contributed by atoms with Crippen molar-refractivity contribution in [2.24, 2.45) is 0 Å². The van der Waals surface area contributed by atoms with Gasteiger partial charge in [0, 0.05) is 16.5 Å². The van der Waals surface area contributed by atoms with Crippen molar-refractivity contribution in [2.75, 3.05) is 6.61 Å². The van der Waals surface area contributed by atoms with Crippen LogP contribution in [-0.4, -0.2) is 11.7 Å². The van der Waals surface area contributed by atoms with Gasteiger partial charge in [-0.2, -0.15) is 0 Å². The zero-order valence-corrected chi connectivity index (χ0v) is 16.0. The van der Waals surface area contributed by atoms with Gasteiger partial charge in [0.2, 0.25) is 0 Å². The predicted octanol–water partition coefficient (Wildman–Crippen LogP) is 6.30. The van der Waals surface area contributed by atoms with Crippen LogP contribution in [0.1, 0.15) is 51.5 Å². The predicted molar refractivity (Wildman–Crippen MR) is 105 cm³/mol. The van der Waals surface area contributed by atoms with Gasteiger partial charge in [-0.25, -0.2) is 0 Å². The molecule has 126 valence electrons. The van der Waals surface area contributed by atoms with Gasteiger partial charge in [0.15, 0.2) is 0 Å². The molecule has 0 unspecified atom stereocenters. The highest BCUT2D eigenvalue weighted by atomic mass is 79.9. The molecule has 2 heteroatoms. The third kappa shape index (κ3) is 5.78. The Morgan fingerprint density at radius 1 is 1.17 bits per heavy atom. The van der Waals surface area contributed by atoms with Crippen molar-refractivity contribution in [1.82, 2.24) is 0 Å². The van der Waals surface area contributed by atoms with Crippen molar-refractivity contribution in [3.63, 3.8) is 0 Å². The van der Waals surface area contributed by atoms with Crippen LogP contribution < -0.4 is 0 Å². The van der Waals surface area contributed by atoms with Crippen molar-refractivity contribution in [3.8, 4) is 0 Å². The van der Waals surface area contributed by atoms with Crippen LogP contribution >= 0.6 is 15.9 Å². The molecule has 0 saturated heterocycles. The minimum Gasteiger partial charge on any atom is -0.397 e. The standard InChI is InChI=1S/C19H23Br.C2H6O/c1-3-18(20)13-12-16(2)19(14-8-5-9-15-19)17-10-6-4-7-11-17;1-2-3/h3-4,6-7,10-13H,1,5,8-9,14-15H2,2H3;3H,2H2,1H3/b16-12+,18-13+;. The van der Waals surface area contributed by atoms with Crippen LogP contribution in [0.5, 0.6) is 0 Å². The Hall–Kier alpha value is -1.12. The van der Waals surface area contributed by atoms with Crippen LogP contribution in [0.4, 0.5) is 0 Å². The summed E-state index contributed by atoms with van der Waals surface area (Å²) in [4.78, 5) is 0. The molecule has 1 aliphatic carbocycles. The van der Waals surface area contributed by atoms with Crippen molar-refractivity contribution in [3.05, 3.63) is 70.8 Å². The first-order chi connectivity index (χ1) is 11.1. The van der Waals surface area contributed by atoms with Gasteiger partial charge in [-0.3, -0.25) is 0 Å². The van der Waals surface area contributed by atoms with E-state index in [1.807, 2.05) is 6.08 Å². The molecule has 1 aromatic carbocycles. The summed E-state index contributed by atoms with van der Waals surface area (Å²) in [5, 5.41) is 7.57. The van der Waals surface area contributed by atoms with Gasteiger partial charge < -0.3 is 5.11 Å². The van der Waals surface area contributed by atoms with Crippen LogP contribution in [0.15, 0.2) is 65.2 Å². The summed E-state index contributed by atoms with van der Waals surface area (Å²) >= 11 is 3.50. The highest BCUT2D eigenvalue weighted by molar-refractivity contribution is 9.11. The van der Waals surface area contributed by atoms with E-state index in [-0.39, 0.29) is 12.0 Å². The quantitative estimate of drug-likeness (QED) is 0.611. The fourth-order valence-corrected chi connectivity index (χ4v) is 3.39. The SMILES string of the molecule is C=C/C(Br)=C\C=C(/C)C1(c2ccccc2)CCCCC1.CCO. The Morgan fingerprint density at radius 3 is 2.26 bits per heavy atom. The molecule has 1 saturated carbocycles. The highest BCUT2D eigenvalue weighted by Crippen LogP contribution is 2.44. The number of hydrogen-bond donors (Lipinski definition) is 1. The number of halogens is 1. The van der Waals surface area contributed by atoms with E-state index >= 15 is 0 Å². The van der Waals surface area contributed by atoms with E-state index in [1.165, 1.54) is 43.2 Å². The number of benzene rings is 1. The average molecular weight is 377 g/mol. The van der Waals surface area contributed by atoms with Gasteiger partial charge in [0.25, 0.3) is 0 Å². The lowest BCUT2D eigenvalue weighted by molar-refractivity contribution is 0.318. The molecular formula is C21H29BrO. The highest BCUT2D eigenvalue weighted by Gasteiger charge is 2.34. The van der Waals surface area contributed by atoms with Crippen LogP contribution in [-0.2, 0) is 5.41 Å². The normalized spacial score (nSPS) is 17.9. The van der Waals surface area contributed by atoms with Crippen LogP contribution in [0, 0.1) is 0 Å². The monoisotopic (exact) mass is 376 g/mol. The van der Waals surface area contributed by atoms with E-state index in [0.29, 0.717) is 0 Å². The zero-order valence-electron chi connectivity index (χ0n) is 14.4. The lowest BCUT2D eigenvalue weighted by atomic mass is 9.65. The molecule has 0 aromatic heterocycles. The van der Waals surface area contributed by atoms with E-state index in [2.05, 4.69) is 71.9 Å². The lowest BCUT2D eigenvalue weighted by Gasteiger charge is -2.39. The molecule has 0 atom stereocenters. The molecule has 0 heterocycles. The summed E-state index contributed by atoms with van der Waals surface area (Å²) < 4.78 is 1.04. The Labute approximate surface area is 149 Å². The van der Waals surface area contributed by atoms with Crippen LogP contribution in [0.25, 0.3) is 0 Å². The summed E-state index contributed by atoms with van der Waals surface area (Å²) in [6, 6.07) is 11.0. The van der Waals surface area contributed by atoms with Crippen LogP contribution in [0.3, 0.4) is 0 Å². The fourth-order valence-electron chi connectivity index (χ4n) is 3.26. The average Bonchev–Trinajstić information content (AvgIpc) is 2.61. The van der Waals surface area contributed by atoms with Crippen molar-refractivity contribution < 1.29 is 5.11 Å². The van der Waals surface area contributed by atoms with E-state index < -0.39 is 0 Å². The molecule has 1 fully saturated rings. The summed E-state index contributed by atoms with van der Waals surface area (Å²) in [7, 11) is 0. The minimum atomic E-state index is 0.227. The first kappa shape index (κ1) is 19.9. The second-order valence-corrected chi connectivity index (χ2v) is 6.85. The number of aliphatic hydroxyl groups is 1. The molecule has 1 aromatic rings. The largest absolute Gasteiger partial charge is 0.397 e. The molecule has 1 nitrogen and oxygen atoms in total. The van der Waals surface area contributed by atoms with Gasteiger partial charge in [-0.05, 0) is 38.3 Å². The summed E-state index contributed by atoms with van der Waals surface area (Å²) in [6.07, 6.45) is 12.7. The Bertz CT molecular complexity index is 522. The molecule has 0 aliphatic heterocycles. The summed E-state index contributed by atoms with van der Waals surface area (Å²) in [6.45, 7) is 7.99. The molecule has 1 N–H and O–H groups in total. The van der Waals surface area contributed by atoms with Gasteiger partial charge in [-0.15, -0.1) is 0 Å². The second-order valence-electron chi connectivity index (χ2n) is 5.93. The third-order valence-electron chi connectivity index (χ3n) is 4.48. The number of allylic oxidation sites excluding steroid dienone is 5. The Kier molecular flexibility index (Phi) is 9.20. The molecule has 0 spiro atoms. The first-order valence-corrected chi connectivity index (χ1v) is 9.23. The lowest BCUT2D eigenvalue weighted by Crippen LogP contribution is -2.30.